The third kappa shape index (κ3) is 4.23. The monoisotopic (exact) mass is 180 g/mol. The number of halogens is 2. The first kappa shape index (κ1) is 11.3. The highest BCUT2D eigenvalue weighted by Gasteiger charge is 2.19. The van der Waals surface area contributed by atoms with Crippen LogP contribution in [0.25, 0.3) is 0 Å². The maximum Gasteiger partial charge on any atom is 0.315 e. The minimum absolute atomic E-state index is 0.330. The van der Waals surface area contributed by atoms with Crippen molar-refractivity contribution in [3.05, 3.63) is 0 Å². The van der Waals surface area contributed by atoms with Gasteiger partial charge in [0.2, 0.25) is 0 Å². The molecule has 0 saturated carbocycles. The first-order valence-electron chi connectivity index (χ1n) is 3.63. The van der Waals surface area contributed by atoms with Gasteiger partial charge in [-0.1, -0.05) is 0 Å². The Morgan fingerprint density at radius 2 is 1.75 bits per heavy atom. The molecule has 5 heteroatoms. The number of likely N-dealkylation sites (N-methyl/N-ethyl adjacent to an activating group) is 2. The third-order valence-corrected chi connectivity index (χ3v) is 1.45. The molecule has 0 heterocycles. The summed E-state index contributed by atoms with van der Waals surface area (Å²) in [6.07, 6.45) is -2.89. The Labute approximate surface area is 70.9 Å². The molecular formula is C7H14F2N2O. The van der Waals surface area contributed by atoms with E-state index in [9.17, 15) is 13.6 Å². The molecule has 0 aliphatic carbocycles. The lowest BCUT2D eigenvalue weighted by atomic mass is 10.5. The first-order valence-corrected chi connectivity index (χ1v) is 3.63. The zero-order valence-electron chi connectivity index (χ0n) is 7.55. The summed E-state index contributed by atoms with van der Waals surface area (Å²) in [6, 6.07) is 0. The molecule has 0 N–H and O–H groups in total. The van der Waals surface area contributed by atoms with Crippen molar-refractivity contribution < 1.29 is 13.6 Å². The van der Waals surface area contributed by atoms with Crippen LogP contribution in [0.1, 0.15) is 0 Å². The summed E-state index contributed by atoms with van der Waals surface area (Å²) >= 11 is 0. The summed E-state index contributed by atoms with van der Waals surface area (Å²) in [5, 5.41) is 0. The number of carbonyl (C=O) groups is 1. The minimum atomic E-state index is -2.89. The molecule has 12 heavy (non-hydrogen) atoms. The standard InChI is InChI=1S/C7H14F2N2O/c1-10(2)4-5-11(3)7(12)6(8)9/h6H,4-5H2,1-3H3. The lowest BCUT2D eigenvalue weighted by Gasteiger charge is -2.18. The summed E-state index contributed by atoms with van der Waals surface area (Å²) in [7, 11) is 5.01. The van der Waals surface area contributed by atoms with E-state index in [0.29, 0.717) is 13.1 Å². The van der Waals surface area contributed by atoms with E-state index < -0.39 is 12.3 Å². The molecule has 0 aromatic rings. The molecule has 3 nitrogen and oxygen atoms in total. The fourth-order valence-electron chi connectivity index (χ4n) is 0.627. The number of rotatable bonds is 4. The van der Waals surface area contributed by atoms with E-state index in [1.54, 1.807) is 0 Å². The highest BCUT2D eigenvalue weighted by atomic mass is 19.3. The van der Waals surface area contributed by atoms with Crippen LogP contribution in [0.15, 0.2) is 0 Å². The molecule has 0 unspecified atom stereocenters. The molecule has 0 radical (unpaired) electrons. The quantitative estimate of drug-likeness (QED) is 0.620. The molecule has 0 fully saturated rings. The van der Waals surface area contributed by atoms with E-state index in [4.69, 9.17) is 0 Å². The van der Waals surface area contributed by atoms with Gasteiger partial charge in [-0.3, -0.25) is 4.79 Å². The van der Waals surface area contributed by atoms with Crippen LogP contribution >= 0.6 is 0 Å². The summed E-state index contributed by atoms with van der Waals surface area (Å²) in [4.78, 5) is 13.5. The van der Waals surface area contributed by atoms with Gasteiger partial charge in [0.15, 0.2) is 0 Å². The zero-order valence-corrected chi connectivity index (χ0v) is 7.55. The fourth-order valence-corrected chi connectivity index (χ4v) is 0.627. The van der Waals surface area contributed by atoms with Crippen molar-refractivity contribution in [2.75, 3.05) is 34.2 Å². The predicted octanol–water partition coefficient (Wildman–Crippen LogP) is 0.272. The van der Waals surface area contributed by atoms with Crippen molar-refractivity contribution in [1.29, 1.82) is 0 Å². The Morgan fingerprint density at radius 1 is 1.25 bits per heavy atom. The van der Waals surface area contributed by atoms with Crippen LogP contribution in [0, 0.1) is 0 Å². The van der Waals surface area contributed by atoms with Crippen molar-refractivity contribution in [2.45, 2.75) is 6.43 Å². The van der Waals surface area contributed by atoms with Crippen LogP contribution in [0.2, 0.25) is 0 Å². The van der Waals surface area contributed by atoms with Gasteiger partial charge in [0.25, 0.3) is 5.91 Å². The lowest BCUT2D eigenvalue weighted by molar-refractivity contribution is -0.141. The highest BCUT2D eigenvalue weighted by Crippen LogP contribution is 1.97. The van der Waals surface area contributed by atoms with Crippen LogP contribution in [0.3, 0.4) is 0 Å². The van der Waals surface area contributed by atoms with E-state index >= 15 is 0 Å². The summed E-state index contributed by atoms with van der Waals surface area (Å²) in [5.41, 5.74) is 0. The second-order valence-electron chi connectivity index (χ2n) is 2.86. The van der Waals surface area contributed by atoms with E-state index in [1.807, 2.05) is 19.0 Å². The Kier molecular flexibility index (Phi) is 4.73. The Balaban J connectivity index is 3.72. The van der Waals surface area contributed by atoms with Crippen molar-refractivity contribution in [2.24, 2.45) is 0 Å². The minimum Gasteiger partial charge on any atom is -0.340 e. The molecule has 0 aliphatic rings. The smallest absolute Gasteiger partial charge is 0.315 e. The van der Waals surface area contributed by atoms with Gasteiger partial charge in [-0.05, 0) is 14.1 Å². The number of hydrogen-bond donors (Lipinski definition) is 0. The number of carbonyl (C=O) groups excluding carboxylic acids is 1. The van der Waals surface area contributed by atoms with Gasteiger partial charge < -0.3 is 9.80 Å². The molecule has 0 bridgehead atoms. The molecule has 0 saturated heterocycles. The van der Waals surface area contributed by atoms with Crippen LogP contribution in [-0.4, -0.2) is 56.4 Å². The number of hydrogen-bond acceptors (Lipinski definition) is 2. The van der Waals surface area contributed by atoms with Gasteiger partial charge in [-0.15, -0.1) is 0 Å². The molecule has 0 atom stereocenters. The number of amides is 1. The molecule has 1 amide bonds. The maximum absolute atomic E-state index is 11.8. The zero-order chi connectivity index (χ0) is 9.72. The van der Waals surface area contributed by atoms with Gasteiger partial charge in [0, 0.05) is 20.1 Å². The van der Waals surface area contributed by atoms with Crippen LogP contribution in [-0.2, 0) is 4.79 Å². The topological polar surface area (TPSA) is 23.6 Å². The SMILES string of the molecule is CN(C)CCN(C)C(=O)C(F)F. The lowest BCUT2D eigenvalue weighted by Crippen LogP contribution is -2.36. The average molecular weight is 180 g/mol. The number of alkyl halides is 2. The summed E-state index contributed by atoms with van der Waals surface area (Å²) < 4.78 is 23.6. The summed E-state index contributed by atoms with van der Waals surface area (Å²) in [5.74, 6) is -1.11. The van der Waals surface area contributed by atoms with Crippen LogP contribution in [0.5, 0.6) is 0 Å². The van der Waals surface area contributed by atoms with Crippen molar-refractivity contribution in [3.63, 3.8) is 0 Å². The van der Waals surface area contributed by atoms with Crippen LogP contribution in [0.4, 0.5) is 8.78 Å². The maximum atomic E-state index is 11.8. The van der Waals surface area contributed by atoms with Gasteiger partial charge in [0.1, 0.15) is 0 Å². The Morgan fingerprint density at radius 3 is 2.08 bits per heavy atom. The van der Waals surface area contributed by atoms with Gasteiger partial charge in [-0.25, -0.2) is 0 Å². The van der Waals surface area contributed by atoms with Gasteiger partial charge in [-0.2, -0.15) is 8.78 Å². The van der Waals surface area contributed by atoms with Crippen molar-refractivity contribution in [3.8, 4) is 0 Å². The molecule has 0 rings (SSSR count). The second-order valence-corrected chi connectivity index (χ2v) is 2.86. The molecule has 0 spiro atoms. The molecule has 0 aromatic heterocycles. The van der Waals surface area contributed by atoms with Crippen LogP contribution < -0.4 is 0 Å². The van der Waals surface area contributed by atoms with E-state index in [1.165, 1.54) is 7.05 Å². The largest absolute Gasteiger partial charge is 0.340 e. The molecule has 0 aromatic carbocycles. The van der Waals surface area contributed by atoms with Gasteiger partial charge in [0.05, 0.1) is 0 Å². The van der Waals surface area contributed by atoms with E-state index in [2.05, 4.69) is 0 Å². The Bertz CT molecular complexity index is 150. The number of nitrogens with zero attached hydrogens (tertiary/aromatic N) is 2. The van der Waals surface area contributed by atoms with E-state index in [-0.39, 0.29) is 0 Å². The fraction of sp³-hybridized carbons (Fsp3) is 0.857. The molecule has 72 valence electrons. The molecular weight excluding hydrogens is 166 g/mol. The third-order valence-electron chi connectivity index (χ3n) is 1.45. The normalized spacial score (nSPS) is 10.9. The van der Waals surface area contributed by atoms with Crippen molar-refractivity contribution in [1.82, 2.24) is 9.80 Å². The summed E-state index contributed by atoms with van der Waals surface area (Å²) in [6.45, 7) is 0.922. The second kappa shape index (κ2) is 5.03. The highest BCUT2D eigenvalue weighted by molar-refractivity contribution is 5.78. The Hall–Kier alpha value is -0.710. The predicted molar refractivity (Wildman–Crippen MR) is 42.2 cm³/mol. The van der Waals surface area contributed by atoms with Crippen molar-refractivity contribution >= 4 is 5.91 Å². The van der Waals surface area contributed by atoms with Gasteiger partial charge >= 0.3 is 6.43 Å². The average Bonchev–Trinajstić information content (AvgIpc) is 1.98. The molecule has 0 aliphatic heterocycles. The first-order chi connectivity index (χ1) is 5.45. The van der Waals surface area contributed by atoms with E-state index in [0.717, 1.165) is 4.90 Å².